The molecule has 1 fully saturated rings. The summed E-state index contributed by atoms with van der Waals surface area (Å²) >= 11 is 0. The normalized spacial score (nSPS) is 17.1. The van der Waals surface area contributed by atoms with E-state index in [2.05, 4.69) is 27.1 Å². The average molecular weight is 483 g/mol. The van der Waals surface area contributed by atoms with Crippen LogP contribution in [0, 0.1) is 5.92 Å². The lowest BCUT2D eigenvalue weighted by Gasteiger charge is -2.30. The zero-order valence-electron chi connectivity index (χ0n) is 19.3. The minimum Gasteiger partial charge on any atom is -0.350 e. The number of alkyl halides is 3. The Morgan fingerprint density at radius 1 is 0.971 bits per heavy atom. The summed E-state index contributed by atoms with van der Waals surface area (Å²) in [5.74, 6) is -0.0421. The molecule has 9 heteroatoms. The van der Waals surface area contributed by atoms with Crippen molar-refractivity contribution in [2.45, 2.75) is 32.4 Å². The number of piperidine rings is 1. The molecule has 5 rings (SSSR count). The molecule has 1 aliphatic rings. The predicted molar refractivity (Wildman–Crippen MR) is 124 cm³/mol. The molecule has 0 spiro atoms. The highest BCUT2D eigenvalue weighted by molar-refractivity contribution is 5.71. The number of rotatable bonds is 6. The molecular formula is C26H25F3N4O2. The van der Waals surface area contributed by atoms with Crippen molar-refractivity contribution in [1.82, 2.24) is 20.2 Å². The van der Waals surface area contributed by atoms with Crippen LogP contribution in [0.5, 0.6) is 0 Å². The predicted octanol–water partition coefficient (Wildman–Crippen LogP) is 6.35. The molecule has 1 aliphatic heterocycles. The average Bonchev–Trinajstić information content (AvgIpc) is 3.51. The first-order chi connectivity index (χ1) is 16.9. The van der Waals surface area contributed by atoms with Crippen LogP contribution >= 0.6 is 0 Å². The largest absolute Gasteiger partial charge is 0.422 e. The van der Waals surface area contributed by atoms with Crippen molar-refractivity contribution in [3.63, 3.8) is 0 Å². The third-order valence-corrected chi connectivity index (χ3v) is 6.31. The minimum atomic E-state index is -4.72. The van der Waals surface area contributed by atoms with Crippen LogP contribution in [0.4, 0.5) is 13.2 Å². The van der Waals surface area contributed by atoms with E-state index in [1.54, 1.807) is 18.2 Å². The summed E-state index contributed by atoms with van der Waals surface area (Å²) < 4.78 is 52.0. The van der Waals surface area contributed by atoms with E-state index >= 15 is 0 Å². The molecule has 2 aromatic heterocycles. The molecule has 182 valence electrons. The highest BCUT2D eigenvalue weighted by Gasteiger charge is 2.42. The molecule has 0 bridgehead atoms. The molecule has 2 aromatic carbocycles. The highest BCUT2D eigenvalue weighted by Crippen LogP contribution is 2.43. The summed E-state index contributed by atoms with van der Waals surface area (Å²) in [7, 11) is 0. The van der Waals surface area contributed by atoms with Gasteiger partial charge in [0.25, 0.3) is 5.89 Å². The van der Waals surface area contributed by atoms with E-state index in [1.807, 2.05) is 24.3 Å². The number of halogens is 3. The first-order valence-corrected chi connectivity index (χ1v) is 11.7. The Hall–Kier alpha value is -3.46. The van der Waals surface area contributed by atoms with Gasteiger partial charge < -0.3 is 13.9 Å². The van der Waals surface area contributed by atoms with Crippen molar-refractivity contribution in [2.24, 2.45) is 5.92 Å². The zero-order valence-corrected chi connectivity index (χ0v) is 19.3. The van der Waals surface area contributed by atoms with Crippen LogP contribution in [-0.2, 0) is 12.6 Å². The lowest BCUT2D eigenvalue weighted by molar-refractivity contribution is -0.136. The van der Waals surface area contributed by atoms with E-state index in [-0.39, 0.29) is 23.0 Å². The van der Waals surface area contributed by atoms with Crippen molar-refractivity contribution in [2.75, 3.05) is 19.6 Å². The molecule has 0 saturated carbocycles. The van der Waals surface area contributed by atoms with E-state index in [9.17, 15) is 13.2 Å². The molecule has 0 radical (unpaired) electrons. The summed E-state index contributed by atoms with van der Waals surface area (Å²) in [4.78, 5) is 6.66. The van der Waals surface area contributed by atoms with Crippen LogP contribution < -0.4 is 0 Å². The number of aromatic nitrogens is 3. The Morgan fingerprint density at radius 3 is 2.46 bits per heavy atom. The molecule has 0 N–H and O–H groups in total. The molecule has 0 amide bonds. The van der Waals surface area contributed by atoms with Gasteiger partial charge in [-0.25, -0.2) is 0 Å². The Morgan fingerprint density at radius 2 is 1.74 bits per heavy atom. The van der Waals surface area contributed by atoms with E-state index in [0.29, 0.717) is 5.56 Å². The fourth-order valence-corrected chi connectivity index (χ4v) is 4.52. The van der Waals surface area contributed by atoms with Crippen LogP contribution in [0.2, 0.25) is 0 Å². The molecule has 4 aromatic rings. The van der Waals surface area contributed by atoms with Gasteiger partial charge in [-0.15, -0.1) is 0 Å². The van der Waals surface area contributed by atoms with Gasteiger partial charge in [-0.05, 0) is 37.3 Å². The van der Waals surface area contributed by atoms with Crippen LogP contribution in [0.15, 0.2) is 63.6 Å². The maximum Gasteiger partial charge on any atom is 0.422 e. The van der Waals surface area contributed by atoms with Gasteiger partial charge in [0.05, 0.1) is 0 Å². The van der Waals surface area contributed by atoms with Crippen molar-refractivity contribution >= 4 is 0 Å². The Labute approximate surface area is 200 Å². The van der Waals surface area contributed by atoms with E-state index in [4.69, 9.17) is 9.05 Å². The van der Waals surface area contributed by atoms with Crippen LogP contribution in [0.1, 0.15) is 30.9 Å². The second-order valence-corrected chi connectivity index (χ2v) is 9.02. The summed E-state index contributed by atoms with van der Waals surface area (Å²) in [6.45, 7) is 5.57. The van der Waals surface area contributed by atoms with Gasteiger partial charge in [0.1, 0.15) is 11.3 Å². The zero-order chi connectivity index (χ0) is 24.4. The number of hydrogen-bond donors (Lipinski definition) is 0. The third kappa shape index (κ3) is 5.14. The molecule has 1 saturated heterocycles. The van der Waals surface area contributed by atoms with Gasteiger partial charge in [0, 0.05) is 24.2 Å². The molecule has 0 aliphatic carbocycles. The summed E-state index contributed by atoms with van der Waals surface area (Å²) in [5.41, 5.74) is 0.746. The second-order valence-electron chi connectivity index (χ2n) is 9.02. The van der Waals surface area contributed by atoms with E-state index in [1.165, 1.54) is 30.5 Å². The fourth-order valence-electron chi connectivity index (χ4n) is 4.52. The summed E-state index contributed by atoms with van der Waals surface area (Å²) in [6.07, 6.45) is -1.25. The fraction of sp³-hybridized carbons (Fsp3) is 0.346. The van der Waals surface area contributed by atoms with Gasteiger partial charge in [0.15, 0.2) is 0 Å². The van der Waals surface area contributed by atoms with Gasteiger partial charge >= 0.3 is 6.18 Å². The Kier molecular flexibility index (Phi) is 6.42. The monoisotopic (exact) mass is 482 g/mol. The number of benzene rings is 2. The molecule has 1 unspecified atom stereocenters. The third-order valence-electron chi connectivity index (χ3n) is 6.31. The number of hydrogen-bond acceptors (Lipinski definition) is 6. The smallest absolute Gasteiger partial charge is 0.350 e. The van der Waals surface area contributed by atoms with E-state index < -0.39 is 17.5 Å². The van der Waals surface area contributed by atoms with Gasteiger partial charge in [-0.2, -0.15) is 18.2 Å². The van der Waals surface area contributed by atoms with Crippen molar-refractivity contribution in [1.29, 1.82) is 0 Å². The first-order valence-electron chi connectivity index (χ1n) is 11.7. The first kappa shape index (κ1) is 23.3. The van der Waals surface area contributed by atoms with E-state index in [0.717, 1.165) is 32.0 Å². The maximum absolute atomic E-state index is 13.9. The Balaban J connectivity index is 1.34. The SMILES string of the molecule is CC1CCCN(CCc2ccc(-c3noc(-c4onc(-c5ccccc5)c4C(F)(F)F)n3)cc2)C1. The lowest BCUT2D eigenvalue weighted by Crippen LogP contribution is -2.35. The molecule has 1 atom stereocenters. The van der Waals surface area contributed by atoms with Crippen LogP contribution in [0.3, 0.4) is 0 Å². The molecular weight excluding hydrogens is 457 g/mol. The van der Waals surface area contributed by atoms with Crippen molar-refractivity contribution in [3.05, 3.63) is 65.7 Å². The molecule has 3 heterocycles. The quantitative estimate of drug-likeness (QED) is 0.319. The van der Waals surface area contributed by atoms with Crippen LogP contribution in [0.25, 0.3) is 34.3 Å². The lowest BCUT2D eigenvalue weighted by atomic mass is 10.00. The molecule has 6 nitrogen and oxygen atoms in total. The minimum absolute atomic E-state index is 0.183. The topological polar surface area (TPSA) is 68.2 Å². The number of likely N-dealkylation sites (tertiary alicyclic amines) is 1. The molecule has 35 heavy (non-hydrogen) atoms. The standard InChI is InChI=1S/C26H25F3N4O2/c1-17-6-5-14-33(16-17)15-13-18-9-11-20(12-10-18)24-30-25(35-32-24)23-21(26(27,28)29)22(31-34-23)19-7-3-2-4-8-19/h2-4,7-12,17H,5-6,13-16H2,1H3. The van der Waals surface area contributed by atoms with Crippen molar-refractivity contribution < 1.29 is 22.2 Å². The second kappa shape index (κ2) is 9.65. The van der Waals surface area contributed by atoms with Crippen LogP contribution in [-0.4, -0.2) is 39.8 Å². The summed E-state index contributed by atoms with van der Waals surface area (Å²) in [6, 6.07) is 15.7. The van der Waals surface area contributed by atoms with Crippen molar-refractivity contribution in [3.8, 4) is 34.3 Å². The Bertz CT molecular complexity index is 1270. The maximum atomic E-state index is 13.9. The van der Waals surface area contributed by atoms with Gasteiger partial charge in [-0.3, -0.25) is 0 Å². The highest BCUT2D eigenvalue weighted by atomic mass is 19.4. The summed E-state index contributed by atoms with van der Waals surface area (Å²) in [5, 5.41) is 7.54. The number of nitrogens with zero attached hydrogens (tertiary/aromatic N) is 4. The van der Waals surface area contributed by atoms with Gasteiger partial charge in [-0.1, -0.05) is 71.8 Å². The van der Waals surface area contributed by atoms with Gasteiger partial charge in [0.2, 0.25) is 11.6 Å².